The van der Waals surface area contributed by atoms with Gasteiger partial charge in [0.25, 0.3) is 0 Å². The number of benzene rings is 4. The lowest BCUT2D eigenvalue weighted by Crippen LogP contribution is -2.29. The van der Waals surface area contributed by atoms with Crippen LogP contribution in [0, 0.1) is 0 Å². The molecule has 0 aromatic heterocycles. The molecule has 0 bridgehead atoms. The summed E-state index contributed by atoms with van der Waals surface area (Å²) in [5.41, 5.74) is 19.9. The van der Waals surface area contributed by atoms with Crippen molar-refractivity contribution in [2.45, 2.75) is 18.8 Å². The Balaban J connectivity index is 1.93. The SMILES string of the molecule is CC=CCc1ccc2c(c1)C(c1ccc(O)c(N)c1)(c1ccc(O)c(N)c1)c1ccccc1-2. The van der Waals surface area contributed by atoms with E-state index in [1.807, 2.05) is 43.3 Å². The molecular weight excluding hydrogens is 408 g/mol. The van der Waals surface area contributed by atoms with E-state index in [4.69, 9.17) is 11.5 Å². The average Bonchev–Trinajstić information content (AvgIpc) is 3.12. The van der Waals surface area contributed by atoms with Crippen molar-refractivity contribution < 1.29 is 10.2 Å². The summed E-state index contributed by atoms with van der Waals surface area (Å²) in [6, 6.07) is 25.7. The van der Waals surface area contributed by atoms with Crippen molar-refractivity contribution >= 4 is 11.4 Å². The van der Waals surface area contributed by atoms with Crippen molar-refractivity contribution in [3.05, 3.63) is 119 Å². The lowest BCUT2D eigenvalue weighted by Gasteiger charge is -2.34. The van der Waals surface area contributed by atoms with Gasteiger partial charge in [-0.25, -0.2) is 0 Å². The number of phenolic OH excluding ortho intramolecular Hbond substituents is 2. The highest BCUT2D eigenvalue weighted by Gasteiger charge is 2.46. The van der Waals surface area contributed by atoms with Crippen LogP contribution >= 0.6 is 0 Å². The third-order valence-electron chi connectivity index (χ3n) is 6.62. The molecule has 0 radical (unpaired) electrons. The van der Waals surface area contributed by atoms with E-state index in [1.54, 1.807) is 12.1 Å². The quantitative estimate of drug-likeness (QED) is 0.165. The predicted octanol–water partition coefficient (Wildman–Crippen LogP) is 5.74. The van der Waals surface area contributed by atoms with E-state index in [9.17, 15) is 10.2 Å². The van der Waals surface area contributed by atoms with Gasteiger partial charge in [0.05, 0.1) is 16.8 Å². The molecule has 0 atom stereocenters. The smallest absolute Gasteiger partial charge is 0.138 e. The summed E-state index contributed by atoms with van der Waals surface area (Å²) in [5.74, 6) is 0.0971. The molecular formula is C29H26N2O2. The lowest BCUT2D eigenvalue weighted by atomic mass is 9.67. The molecule has 5 rings (SSSR count). The Morgan fingerprint density at radius 1 is 0.727 bits per heavy atom. The number of anilines is 2. The Morgan fingerprint density at radius 3 is 1.94 bits per heavy atom. The fraction of sp³-hybridized carbons (Fsp3) is 0.103. The van der Waals surface area contributed by atoms with Crippen LogP contribution in [-0.4, -0.2) is 10.2 Å². The van der Waals surface area contributed by atoms with Crippen LogP contribution in [0.4, 0.5) is 11.4 Å². The van der Waals surface area contributed by atoms with E-state index >= 15 is 0 Å². The van der Waals surface area contributed by atoms with Crippen molar-refractivity contribution in [1.29, 1.82) is 0 Å². The predicted molar refractivity (Wildman–Crippen MR) is 134 cm³/mol. The van der Waals surface area contributed by atoms with Crippen LogP contribution in [0.1, 0.15) is 34.7 Å². The minimum absolute atomic E-state index is 0.0486. The zero-order valence-corrected chi connectivity index (χ0v) is 18.4. The monoisotopic (exact) mass is 434 g/mol. The van der Waals surface area contributed by atoms with E-state index in [0.29, 0.717) is 11.4 Å². The zero-order chi connectivity index (χ0) is 23.2. The van der Waals surface area contributed by atoms with Gasteiger partial charge in [-0.1, -0.05) is 66.7 Å². The average molecular weight is 435 g/mol. The van der Waals surface area contributed by atoms with Crippen LogP contribution in [0.2, 0.25) is 0 Å². The fourth-order valence-corrected chi connectivity index (χ4v) is 5.07. The molecule has 1 aliphatic rings. The van der Waals surface area contributed by atoms with E-state index in [0.717, 1.165) is 39.8 Å². The second kappa shape index (κ2) is 7.75. The van der Waals surface area contributed by atoms with Gasteiger partial charge < -0.3 is 21.7 Å². The Morgan fingerprint density at radius 2 is 1.33 bits per heavy atom. The van der Waals surface area contributed by atoms with Gasteiger partial charge in [-0.05, 0) is 76.6 Å². The van der Waals surface area contributed by atoms with Crippen LogP contribution in [0.25, 0.3) is 11.1 Å². The van der Waals surface area contributed by atoms with Gasteiger partial charge in [-0.2, -0.15) is 0 Å². The maximum atomic E-state index is 10.2. The highest BCUT2D eigenvalue weighted by Crippen LogP contribution is 2.57. The number of allylic oxidation sites excluding steroid dienone is 2. The highest BCUT2D eigenvalue weighted by atomic mass is 16.3. The summed E-state index contributed by atoms with van der Waals surface area (Å²) in [6.45, 7) is 2.02. The second-order valence-corrected chi connectivity index (χ2v) is 8.50. The van der Waals surface area contributed by atoms with Crippen molar-refractivity contribution in [3.63, 3.8) is 0 Å². The largest absolute Gasteiger partial charge is 0.506 e. The highest BCUT2D eigenvalue weighted by molar-refractivity contribution is 5.87. The van der Waals surface area contributed by atoms with Gasteiger partial charge in [-0.15, -0.1) is 0 Å². The Kier molecular flexibility index (Phi) is 4.86. The van der Waals surface area contributed by atoms with E-state index < -0.39 is 5.41 Å². The van der Waals surface area contributed by atoms with Gasteiger partial charge in [0.2, 0.25) is 0 Å². The van der Waals surface area contributed by atoms with E-state index in [-0.39, 0.29) is 11.5 Å². The molecule has 0 amide bonds. The second-order valence-electron chi connectivity index (χ2n) is 8.50. The van der Waals surface area contributed by atoms with Gasteiger partial charge in [-0.3, -0.25) is 0 Å². The Bertz CT molecular complexity index is 1350. The van der Waals surface area contributed by atoms with Crippen LogP contribution in [0.5, 0.6) is 11.5 Å². The summed E-state index contributed by atoms with van der Waals surface area (Å²) in [4.78, 5) is 0. The summed E-state index contributed by atoms with van der Waals surface area (Å²) < 4.78 is 0. The number of nitrogen functional groups attached to an aromatic ring is 2. The van der Waals surface area contributed by atoms with Crippen LogP contribution < -0.4 is 11.5 Å². The van der Waals surface area contributed by atoms with Crippen molar-refractivity contribution in [2.24, 2.45) is 0 Å². The number of hydrogen-bond acceptors (Lipinski definition) is 4. The number of phenols is 2. The van der Waals surface area contributed by atoms with Gasteiger partial charge in [0.15, 0.2) is 0 Å². The molecule has 0 fully saturated rings. The van der Waals surface area contributed by atoms with Crippen molar-refractivity contribution in [2.75, 3.05) is 11.5 Å². The first-order valence-electron chi connectivity index (χ1n) is 11.0. The van der Waals surface area contributed by atoms with Crippen LogP contribution in [0.3, 0.4) is 0 Å². The summed E-state index contributed by atoms with van der Waals surface area (Å²) >= 11 is 0. The first-order chi connectivity index (χ1) is 16.0. The number of nitrogens with two attached hydrogens (primary N) is 2. The van der Waals surface area contributed by atoms with Crippen molar-refractivity contribution in [1.82, 2.24) is 0 Å². The molecule has 164 valence electrons. The van der Waals surface area contributed by atoms with Gasteiger partial charge in [0, 0.05) is 0 Å². The minimum Gasteiger partial charge on any atom is -0.506 e. The third kappa shape index (κ3) is 3.06. The van der Waals surface area contributed by atoms with Crippen LogP contribution in [-0.2, 0) is 11.8 Å². The summed E-state index contributed by atoms with van der Waals surface area (Å²) in [6.07, 6.45) is 5.02. The third-order valence-corrected chi connectivity index (χ3v) is 6.62. The Labute approximate surface area is 193 Å². The normalized spacial score (nSPS) is 13.7. The summed E-state index contributed by atoms with van der Waals surface area (Å²) in [7, 11) is 0. The molecule has 4 aromatic carbocycles. The van der Waals surface area contributed by atoms with Crippen LogP contribution in [0.15, 0.2) is 91.0 Å². The van der Waals surface area contributed by atoms with Gasteiger partial charge >= 0.3 is 0 Å². The first kappa shape index (κ1) is 20.7. The number of aromatic hydroxyl groups is 2. The molecule has 0 spiro atoms. The topological polar surface area (TPSA) is 92.5 Å². The molecule has 6 N–H and O–H groups in total. The first-order valence-corrected chi connectivity index (χ1v) is 11.0. The fourth-order valence-electron chi connectivity index (χ4n) is 5.07. The molecule has 4 heteroatoms. The van der Waals surface area contributed by atoms with E-state index in [2.05, 4.69) is 42.5 Å². The molecule has 4 nitrogen and oxygen atoms in total. The minimum atomic E-state index is -0.707. The van der Waals surface area contributed by atoms with Crippen molar-refractivity contribution in [3.8, 4) is 22.6 Å². The van der Waals surface area contributed by atoms with E-state index in [1.165, 1.54) is 5.56 Å². The lowest BCUT2D eigenvalue weighted by molar-refractivity contribution is 0.477. The molecule has 0 aliphatic heterocycles. The molecule has 1 aliphatic carbocycles. The molecule has 0 saturated heterocycles. The number of rotatable bonds is 4. The molecule has 4 aromatic rings. The summed E-state index contributed by atoms with van der Waals surface area (Å²) in [5, 5.41) is 20.3. The molecule has 0 saturated carbocycles. The molecule has 0 unspecified atom stereocenters. The zero-order valence-electron chi connectivity index (χ0n) is 18.4. The number of fused-ring (bicyclic) bond motifs is 3. The molecule has 33 heavy (non-hydrogen) atoms. The standard InChI is InChI=1S/C29H26N2O2/c1-2-3-6-18-9-12-22-21-7-4-5-8-23(21)29(24(22)15-18,19-10-13-27(32)25(30)16-19)20-11-14-28(33)26(31)17-20/h2-5,7-17,32-33H,6,30-31H2,1H3. The maximum Gasteiger partial charge on any atom is 0.138 e. The Hall–Kier alpha value is -4.18. The molecule has 0 heterocycles. The van der Waals surface area contributed by atoms with Gasteiger partial charge in [0.1, 0.15) is 11.5 Å². The maximum absolute atomic E-state index is 10.2. The number of hydrogen-bond donors (Lipinski definition) is 4.